The molecular formula is C19H18ClN3O4S. The second kappa shape index (κ2) is 8.04. The number of para-hydroxylation sites is 1. The number of halogens is 1. The van der Waals surface area contributed by atoms with Crippen LogP contribution in [0.4, 0.5) is 5.69 Å². The summed E-state index contributed by atoms with van der Waals surface area (Å²) in [6, 6.07) is 15.6. The van der Waals surface area contributed by atoms with Gasteiger partial charge in [0.15, 0.2) is 0 Å². The van der Waals surface area contributed by atoms with E-state index in [1.54, 1.807) is 54.6 Å². The number of benzene rings is 2. The van der Waals surface area contributed by atoms with Crippen LogP contribution in [0.1, 0.15) is 15.9 Å². The summed E-state index contributed by atoms with van der Waals surface area (Å²) in [6.07, 6.45) is 1.37. The van der Waals surface area contributed by atoms with E-state index in [1.807, 2.05) is 0 Å². The molecule has 0 aliphatic rings. The number of ether oxygens (including phenoxy) is 1. The average Bonchev–Trinajstić information content (AvgIpc) is 3.14. The minimum Gasteiger partial charge on any atom is -0.465 e. The molecule has 3 rings (SSSR count). The molecule has 0 bridgehead atoms. The van der Waals surface area contributed by atoms with Gasteiger partial charge in [-0.1, -0.05) is 41.9 Å². The molecule has 0 amide bonds. The number of anilines is 1. The molecule has 0 aliphatic carbocycles. The van der Waals surface area contributed by atoms with Gasteiger partial charge in [-0.25, -0.2) is 4.79 Å². The van der Waals surface area contributed by atoms with Crippen molar-refractivity contribution in [1.82, 2.24) is 9.78 Å². The van der Waals surface area contributed by atoms with Gasteiger partial charge in [-0.15, -0.1) is 0 Å². The highest BCUT2D eigenvalue weighted by molar-refractivity contribution is 7.92. The van der Waals surface area contributed by atoms with Crippen LogP contribution in [0.5, 0.6) is 0 Å². The fourth-order valence-electron chi connectivity index (χ4n) is 2.61. The van der Waals surface area contributed by atoms with Gasteiger partial charge < -0.3 is 4.74 Å². The number of sulfonamides is 1. The first-order chi connectivity index (χ1) is 13.3. The summed E-state index contributed by atoms with van der Waals surface area (Å²) in [5.41, 5.74) is 1.17. The van der Waals surface area contributed by atoms with Gasteiger partial charge in [-0.05, 0) is 29.8 Å². The van der Waals surface area contributed by atoms with Crippen molar-refractivity contribution in [2.24, 2.45) is 0 Å². The van der Waals surface area contributed by atoms with Gasteiger partial charge in [0.1, 0.15) is 5.56 Å². The van der Waals surface area contributed by atoms with Crippen molar-refractivity contribution in [1.29, 1.82) is 0 Å². The maximum absolute atomic E-state index is 13.1. The zero-order valence-electron chi connectivity index (χ0n) is 15.2. The first-order valence-electron chi connectivity index (χ1n) is 8.27. The number of nitrogens with zero attached hydrogens (tertiary/aromatic N) is 3. The van der Waals surface area contributed by atoms with Gasteiger partial charge in [-0.2, -0.15) is 13.5 Å². The molecule has 0 spiro atoms. The van der Waals surface area contributed by atoms with E-state index in [-0.39, 0.29) is 17.1 Å². The van der Waals surface area contributed by atoms with Crippen LogP contribution in [0, 0.1) is 0 Å². The molecule has 0 aliphatic heterocycles. The summed E-state index contributed by atoms with van der Waals surface area (Å²) in [6.45, 7) is 0.270. The molecule has 0 radical (unpaired) electrons. The monoisotopic (exact) mass is 419 g/mol. The molecule has 0 saturated heterocycles. The lowest BCUT2D eigenvalue weighted by Gasteiger charge is -2.18. The van der Waals surface area contributed by atoms with Crippen LogP contribution < -0.4 is 4.31 Å². The summed E-state index contributed by atoms with van der Waals surface area (Å²) >= 11 is 5.89. The van der Waals surface area contributed by atoms with Crippen LogP contribution in [0.2, 0.25) is 5.02 Å². The molecule has 1 aromatic heterocycles. The van der Waals surface area contributed by atoms with E-state index in [1.165, 1.54) is 25.0 Å². The molecule has 2 aromatic carbocycles. The molecule has 9 heteroatoms. The van der Waals surface area contributed by atoms with Crippen molar-refractivity contribution in [3.8, 4) is 0 Å². The summed E-state index contributed by atoms with van der Waals surface area (Å²) in [5, 5.41) is 4.40. The lowest BCUT2D eigenvalue weighted by atomic mass is 10.2. The van der Waals surface area contributed by atoms with Gasteiger partial charge in [0.05, 0.1) is 19.3 Å². The van der Waals surface area contributed by atoms with Gasteiger partial charge in [0.2, 0.25) is 5.03 Å². The maximum atomic E-state index is 13.1. The minimum atomic E-state index is -4.08. The van der Waals surface area contributed by atoms with Crippen LogP contribution in [-0.4, -0.2) is 38.3 Å². The van der Waals surface area contributed by atoms with Crippen molar-refractivity contribution in [2.45, 2.75) is 11.6 Å². The lowest BCUT2D eigenvalue weighted by molar-refractivity contribution is 0.0596. The number of esters is 1. The Morgan fingerprint density at radius 2 is 1.79 bits per heavy atom. The summed E-state index contributed by atoms with van der Waals surface area (Å²) in [5.74, 6) is -0.776. The van der Waals surface area contributed by atoms with Crippen LogP contribution in [0.3, 0.4) is 0 Å². The van der Waals surface area contributed by atoms with Gasteiger partial charge >= 0.3 is 5.97 Å². The molecule has 1 heterocycles. The Morgan fingerprint density at radius 1 is 1.14 bits per heavy atom. The second-order valence-corrected chi connectivity index (χ2v) is 8.29. The van der Waals surface area contributed by atoms with Crippen LogP contribution >= 0.6 is 11.6 Å². The zero-order valence-corrected chi connectivity index (χ0v) is 16.8. The summed E-state index contributed by atoms with van der Waals surface area (Å²) < 4.78 is 33.4. The van der Waals surface area contributed by atoms with Crippen molar-refractivity contribution in [2.75, 3.05) is 18.5 Å². The van der Waals surface area contributed by atoms with E-state index in [0.29, 0.717) is 10.7 Å². The number of hydrogen-bond acceptors (Lipinski definition) is 5. The quantitative estimate of drug-likeness (QED) is 0.573. The molecule has 28 heavy (non-hydrogen) atoms. The van der Waals surface area contributed by atoms with E-state index in [9.17, 15) is 13.2 Å². The predicted octanol–water partition coefficient (Wildman–Crippen LogP) is 3.20. The molecule has 146 valence electrons. The first-order valence-corrected chi connectivity index (χ1v) is 10.1. The van der Waals surface area contributed by atoms with E-state index < -0.39 is 16.0 Å². The largest absolute Gasteiger partial charge is 0.465 e. The average molecular weight is 420 g/mol. The Hall–Kier alpha value is -2.84. The minimum absolute atomic E-state index is 0.126. The highest BCUT2D eigenvalue weighted by Crippen LogP contribution is 2.24. The van der Waals surface area contributed by atoms with Crippen molar-refractivity contribution in [3.05, 3.63) is 76.9 Å². The van der Waals surface area contributed by atoms with E-state index >= 15 is 0 Å². The molecule has 0 unspecified atom stereocenters. The standard InChI is InChI=1S/C19H18ClN3O4S/c1-22(16-6-4-3-5-7-16)28(25,26)18-17(19(24)27-2)13-23(21-18)12-14-8-10-15(20)11-9-14/h3-11,13H,12H2,1-2H3. The molecule has 0 fully saturated rings. The summed E-state index contributed by atoms with van der Waals surface area (Å²) in [7, 11) is -1.48. The molecular weight excluding hydrogens is 402 g/mol. The normalized spacial score (nSPS) is 11.2. The molecule has 7 nitrogen and oxygen atoms in total. The van der Waals surface area contributed by atoms with Crippen molar-refractivity contribution in [3.63, 3.8) is 0 Å². The maximum Gasteiger partial charge on any atom is 0.342 e. The third-order valence-electron chi connectivity index (χ3n) is 4.12. The number of hydrogen-bond donors (Lipinski definition) is 0. The lowest BCUT2D eigenvalue weighted by Crippen LogP contribution is -2.28. The molecule has 0 saturated carbocycles. The first kappa shape index (κ1) is 19.9. The molecule has 3 aromatic rings. The number of carbonyl (C=O) groups excluding carboxylic acids is 1. The predicted molar refractivity (Wildman–Crippen MR) is 106 cm³/mol. The smallest absolute Gasteiger partial charge is 0.342 e. The van der Waals surface area contributed by atoms with Gasteiger partial charge in [-0.3, -0.25) is 8.99 Å². The van der Waals surface area contributed by atoms with Gasteiger partial charge in [0.25, 0.3) is 10.0 Å². The van der Waals surface area contributed by atoms with Crippen molar-refractivity contribution < 1.29 is 17.9 Å². The third-order valence-corrected chi connectivity index (χ3v) is 6.09. The number of carbonyl (C=O) groups is 1. The second-order valence-electron chi connectivity index (χ2n) is 5.97. The van der Waals surface area contributed by atoms with E-state index in [4.69, 9.17) is 16.3 Å². The Bertz CT molecular complexity index is 1080. The third kappa shape index (κ3) is 4.02. The highest BCUT2D eigenvalue weighted by atomic mass is 35.5. The highest BCUT2D eigenvalue weighted by Gasteiger charge is 2.31. The van der Waals surface area contributed by atoms with Crippen LogP contribution in [0.15, 0.2) is 65.8 Å². The Labute approximate surface area is 168 Å². The van der Waals surface area contributed by atoms with E-state index in [2.05, 4.69) is 5.10 Å². The zero-order chi connectivity index (χ0) is 20.3. The van der Waals surface area contributed by atoms with Crippen LogP contribution in [0.25, 0.3) is 0 Å². The number of aromatic nitrogens is 2. The Balaban J connectivity index is 2.02. The van der Waals surface area contributed by atoms with Gasteiger partial charge in [0, 0.05) is 18.3 Å². The topological polar surface area (TPSA) is 81.5 Å². The number of methoxy groups -OCH3 is 1. The Morgan fingerprint density at radius 3 is 2.39 bits per heavy atom. The van der Waals surface area contributed by atoms with Crippen LogP contribution in [-0.2, 0) is 21.3 Å². The fourth-order valence-corrected chi connectivity index (χ4v) is 4.02. The number of rotatable bonds is 6. The molecule has 0 N–H and O–H groups in total. The van der Waals surface area contributed by atoms with E-state index in [0.717, 1.165) is 9.87 Å². The SMILES string of the molecule is COC(=O)c1cn(Cc2ccc(Cl)cc2)nc1S(=O)(=O)N(C)c1ccccc1. The fraction of sp³-hybridized carbons (Fsp3) is 0.158. The van der Waals surface area contributed by atoms with Crippen molar-refractivity contribution >= 4 is 33.3 Å². The Kier molecular flexibility index (Phi) is 5.71. The summed E-state index contributed by atoms with van der Waals surface area (Å²) in [4.78, 5) is 12.2. The molecule has 0 atom stereocenters.